The molecule has 3 aromatic heterocycles. The van der Waals surface area contributed by atoms with Gasteiger partial charge in [-0.1, -0.05) is 0 Å². The summed E-state index contributed by atoms with van der Waals surface area (Å²) < 4.78 is 15.8. The Balaban J connectivity index is 1.41. The SMILES string of the molecule is CC(O)c1cc(F)c2nc(Sc3ccc4ncc(N5CC[C@H](N(C)C)C5)cc4c3)nn2c1. The van der Waals surface area contributed by atoms with Crippen LogP contribution in [0.4, 0.5) is 10.1 Å². The molecule has 7 nitrogen and oxygen atoms in total. The summed E-state index contributed by atoms with van der Waals surface area (Å²) in [4.78, 5) is 14.6. The van der Waals surface area contributed by atoms with Crippen molar-refractivity contribution < 1.29 is 9.50 Å². The van der Waals surface area contributed by atoms with Crippen LogP contribution in [-0.4, -0.2) is 62.8 Å². The lowest BCUT2D eigenvalue weighted by Gasteiger charge is -2.21. The Morgan fingerprint density at radius 3 is 2.84 bits per heavy atom. The van der Waals surface area contributed by atoms with Gasteiger partial charge in [0.25, 0.3) is 0 Å². The molecule has 1 unspecified atom stereocenters. The summed E-state index contributed by atoms with van der Waals surface area (Å²) >= 11 is 1.37. The number of halogens is 1. The summed E-state index contributed by atoms with van der Waals surface area (Å²) in [6, 6.07) is 10.1. The molecule has 5 rings (SSSR count). The molecule has 32 heavy (non-hydrogen) atoms. The van der Waals surface area contributed by atoms with E-state index in [-0.39, 0.29) is 5.65 Å². The Morgan fingerprint density at radius 1 is 1.25 bits per heavy atom. The second-order valence-electron chi connectivity index (χ2n) is 8.46. The highest BCUT2D eigenvalue weighted by Gasteiger charge is 2.24. The fourth-order valence-corrected chi connectivity index (χ4v) is 4.85. The van der Waals surface area contributed by atoms with Crippen molar-refractivity contribution in [1.29, 1.82) is 0 Å². The summed E-state index contributed by atoms with van der Waals surface area (Å²) in [6.45, 7) is 3.61. The summed E-state index contributed by atoms with van der Waals surface area (Å²) in [5, 5.41) is 15.6. The Labute approximate surface area is 189 Å². The molecule has 0 amide bonds. The van der Waals surface area contributed by atoms with Gasteiger partial charge in [-0.2, -0.15) is 4.98 Å². The molecule has 0 saturated carbocycles. The van der Waals surface area contributed by atoms with Crippen LogP contribution in [0.5, 0.6) is 0 Å². The van der Waals surface area contributed by atoms with Crippen molar-refractivity contribution >= 4 is 34.0 Å². The van der Waals surface area contributed by atoms with Crippen molar-refractivity contribution in [3.8, 4) is 0 Å². The van der Waals surface area contributed by atoms with Crippen molar-refractivity contribution in [2.24, 2.45) is 0 Å². The Morgan fingerprint density at radius 2 is 2.09 bits per heavy atom. The molecule has 9 heteroatoms. The van der Waals surface area contributed by atoms with E-state index >= 15 is 0 Å². The van der Waals surface area contributed by atoms with E-state index in [4.69, 9.17) is 0 Å². The number of anilines is 1. The van der Waals surface area contributed by atoms with Gasteiger partial charge in [0.05, 0.1) is 23.5 Å². The first kappa shape index (κ1) is 21.1. The van der Waals surface area contributed by atoms with Crippen LogP contribution in [0.2, 0.25) is 0 Å². The smallest absolute Gasteiger partial charge is 0.214 e. The van der Waals surface area contributed by atoms with E-state index < -0.39 is 11.9 Å². The summed E-state index contributed by atoms with van der Waals surface area (Å²) in [7, 11) is 4.25. The van der Waals surface area contributed by atoms with Gasteiger partial charge in [-0.25, -0.2) is 8.91 Å². The number of fused-ring (bicyclic) bond motifs is 2. The molecule has 0 spiro atoms. The molecule has 2 atom stereocenters. The lowest BCUT2D eigenvalue weighted by atomic mass is 10.2. The van der Waals surface area contributed by atoms with Gasteiger partial charge < -0.3 is 14.9 Å². The first-order valence-corrected chi connectivity index (χ1v) is 11.4. The summed E-state index contributed by atoms with van der Waals surface area (Å²) in [5.74, 6) is -0.503. The highest BCUT2D eigenvalue weighted by Crippen LogP contribution is 2.31. The maximum absolute atomic E-state index is 14.4. The van der Waals surface area contributed by atoms with Gasteiger partial charge in [0.15, 0.2) is 11.5 Å². The number of aliphatic hydroxyl groups excluding tert-OH is 1. The van der Waals surface area contributed by atoms with E-state index in [1.54, 1.807) is 13.1 Å². The molecule has 1 aliphatic rings. The van der Waals surface area contributed by atoms with E-state index in [2.05, 4.69) is 51.1 Å². The largest absolute Gasteiger partial charge is 0.389 e. The van der Waals surface area contributed by atoms with Crippen LogP contribution in [0.1, 0.15) is 25.0 Å². The van der Waals surface area contributed by atoms with Gasteiger partial charge in [-0.15, -0.1) is 5.10 Å². The third-order valence-corrected chi connectivity index (χ3v) is 6.82. The lowest BCUT2D eigenvalue weighted by molar-refractivity contribution is 0.198. The zero-order chi connectivity index (χ0) is 22.4. The van der Waals surface area contributed by atoms with Crippen LogP contribution in [-0.2, 0) is 0 Å². The Hall–Kier alpha value is -2.75. The molecule has 1 saturated heterocycles. The van der Waals surface area contributed by atoms with Gasteiger partial charge in [0, 0.05) is 41.2 Å². The summed E-state index contributed by atoms with van der Waals surface area (Å²) in [5.41, 5.74) is 2.66. The maximum atomic E-state index is 14.4. The molecule has 4 heterocycles. The first-order valence-electron chi connectivity index (χ1n) is 10.6. The number of aliphatic hydroxyl groups is 1. The highest BCUT2D eigenvalue weighted by atomic mass is 32.2. The van der Waals surface area contributed by atoms with Crippen molar-refractivity contribution in [3.63, 3.8) is 0 Å². The van der Waals surface area contributed by atoms with E-state index in [1.165, 1.54) is 22.3 Å². The fraction of sp³-hybridized carbons (Fsp3) is 0.348. The molecule has 0 radical (unpaired) electrons. The molecular formula is C23H25FN6OS. The van der Waals surface area contributed by atoms with E-state index in [9.17, 15) is 9.50 Å². The molecule has 1 aliphatic heterocycles. The van der Waals surface area contributed by atoms with Crippen molar-refractivity contribution in [1.82, 2.24) is 24.5 Å². The average molecular weight is 453 g/mol. The number of benzene rings is 1. The number of likely N-dealkylation sites (N-methyl/N-ethyl adjacent to an activating group) is 1. The van der Waals surface area contributed by atoms with Crippen LogP contribution in [0.15, 0.2) is 52.8 Å². The molecule has 4 aromatic rings. The van der Waals surface area contributed by atoms with Crippen LogP contribution < -0.4 is 4.90 Å². The second kappa shape index (κ2) is 8.31. The Bertz CT molecular complexity index is 1290. The van der Waals surface area contributed by atoms with E-state index in [1.807, 2.05) is 18.3 Å². The van der Waals surface area contributed by atoms with Gasteiger partial charge in [0.1, 0.15) is 0 Å². The fourth-order valence-electron chi connectivity index (χ4n) is 4.06. The molecule has 0 bridgehead atoms. The minimum Gasteiger partial charge on any atom is -0.389 e. The Kier molecular flexibility index (Phi) is 5.48. The number of nitrogens with zero attached hydrogens (tertiary/aromatic N) is 6. The van der Waals surface area contributed by atoms with Crippen molar-refractivity contribution in [2.45, 2.75) is 35.5 Å². The summed E-state index contributed by atoms with van der Waals surface area (Å²) in [6.07, 6.45) is 3.92. The van der Waals surface area contributed by atoms with Crippen molar-refractivity contribution in [2.75, 3.05) is 32.1 Å². The standard InChI is InChI=1S/C23H25FN6OS/c1-14(31)16-10-20(24)22-26-23(27-30(22)12-16)32-19-4-5-21-15(9-19)8-18(11-25-21)29-7-6-17(13-29)28(2)3/h4-5,8-12,14,17,31H,6-7,13H2,1-3H3/t14?,17-/m0/s1. The molecule has 1 fully saturated rings. The number of hydrogen-bond donors (Lipinski definition) is 1. The van der Waals surface area contributed by atoms with Crippen LogP contribution in [0.25, 0.3) is 16.6 Å². The quantitative estimate of drug-likeness (QED) is 0.494. The minimum atomic E-state index is -0.778. The average Bonchev–Trinajstić information content (AvgIpc) is 3.40. The number of rotatable bonds is 5. The van der Waals surface area contributed by atoms with Crippen molar-refractivity contribution in [3.05, 3.63) is 54.1 Å². The molecule has 166 valence electrons. The van der Waals surface area contributed by atoms with Gasteiger partial charge in [0.2, 0.25) is 5.16 Å². The maximum Gasteiger partial charge on any atom is 0.214 e. The van der Waals surface area contributed by atoms with Crippen LogP contribution >= 0.6 is 11.8 Å². The third kappa shape index (κ3) is 4.03. The van der Waals surface area contributed by atoms with Gasteiger partial charge in [-0.05, 0) is 69.5 Å². The zero-order valence-electron chi connectivity index (χ0n) is 18.2. The molecule has 0 aliphatic carbocycles. The van der Waals surface area contributed by atoms with Gasteiger partial charge >= 0.3 is 0 Å². The number of aromatic nitrogens is 4. The predicted molar refractivity (Wildman–Crippen MR) is 124 cm³/mol. The highest BCUT2D eigenvalue weighted by molar-refractivity contribution is 7.99. The predicted octanol–water partition coefficient (Wildman–Crippen LogP) is 3.76. The third-order valence-electron chi connectivity index (χ3n) is 5.98. The monoisotopic (exact) mass is 452 g/mol. The molecular weight excluding hydrogens is 427 g/mol. The number of hydrogen-bond acceptors (Lipinski definition) is 7. The van der Waals surface area contributed by atoms with Gasteiger partial charge in [-0.3, -0.25) is 4.98 Å². The number of pyridine rings is 2. The van der Waals surface area contributed by atoms with E-state index in [0.717, 1.165) is 41.0 Å². The van der Waals surface area contributed by atoms with Crippen LogP contribution in [0, 0.1) is 5.82 Å². The first-order chi connectivity index (χ1) is 15.4. The second-order valence-corrected chi connectivity index (χ2v) is 9.50. The normalized spacial score (nSPS) is 17.7. The van der Waals surface area contributed by atoms with Crippen LogP contribution in [0.3, 0.4) is 0 Å². The topological polar surface area (TPSA) is 69.8 Å². The lowest BCUT2D eigenvalue weighted by Crippen LogP contribution is -2.31. The zero-order valence-corrected chi connectivity index (χ0v) is 19.1. The molecule has 1 N–H and O–H groups in total. The minimum absolute atomic E-state index is 0.145. The van der Waals surface area contributed by atoms with E-state index in [0.29, 0.717) is 16.8 Å². The molecule has 1 aromatic carbocycles.